The van der Waals surface area contributed by atoms with E-state index >= 15 is 0 Å². The van der Waals surface area contributed by atoms with Crippen molar-refractivity contribution in [2.45, 2.75) is 131 Å². The Hall–Kier alpha value is -12.6. The predicted molar refractivity (Wildman–Crippen MR) is 499 cm³/mol. The molecule has 0 unspecified atom stereocenters. The Morgan fingerprint density at radius 1 is 0.250 bits per heavy atom. The maximum Gasteiger partial charge on any atom is 0.252 e. The molecule has 18 aromatic rings. The smallest absolute Gasteiger partial charge is 0.252 e. The Labute approximate surface area is 690 Å². The monoisotopic (exact) mass is 1500 g/mol. The van der Waals surface area contributed by atoms with Crippen LogP contribution in [0.1, 0.15) is 139 Å². The molecule has 566 valence electrons. The number of nitrogens with zero attached hydrogens (tertiary/aromatic N) is 5. The van der Waals surface area contributed by atoms with Crippen molar-refractivity contribution < 1.29 is 6.85 Å². The molecule has 0 radical (unpaired) electrons. The van der Waals surface area contributed by atoms with Gasteiger partial charge in [-0.1, -0.05) is 304 Å². The van der Waals surface area contributed by atoms with Crippen LogP contribution in [0.5, 0.6) is 0 Å². The third kappa shape index (κ3) is 11.8. The van der Waals surface area contributed by atoms with Crippen molar-refractivity contribution in [3.05, 3.63) is 349 Å². The molecule has 0 saturated heterocycles. The zero-order chi connectivity index (χ0) is 84.2. The van der Waals surface area contributed by atoms with Gasteiger partial charge in [-0.15, -0.1) is 0 Å². The second-order valence-electron chi connectivity index (χ2n) is 37.5. The van der Waals surface area contributed by atoms with E-state index in [0.717, 1.165) is 161 Å². The first-order valence-corrected chi connectivity index (χ1v) is 41.1. The molecule has 0 aliphatic carbocycles. The first-order valence-electron chi connectivity index (χ1n) is 43.6. The van der Waals surface area contributed by atoms with E-state index in [-0.39, 0.29) is 44.7 Å². The Morgan fingerprint density at radius 3 is 1.14 bits per heavy atom. The van der Waals surface area contributed by atoms with E-state index < -0.39 is 24.8 Å². The van der Waals surface area contributed by atoms with Gasteiger partial charge in [0.05, 0.1) is 57.0 Å². The van der Waals surface area contributed by atoms with Gasteiger partial charge in [0.25, 0.3) is 6.71 Å². The Bertz CT molecular complexity index is 7110. The Kier molecular flexibility index (Phi) is 15.2. The predicted octanol–water partition coefficient (Wildman–Crippen LogP) is 28.2. The molecular weight excluding hydrogens is 1400 g/mol. The molecule has 2 aliphatic rings. The van der Waals surface area contributed by atoms with Gasteiger partial charge in [-0.3, -0.25) is 0 Å². The molecule has 0 fully saturated rings. The summed E-state index contributed by atoms with van der Waals surface area (Å²) < 4.78 is 54.8. The van der Waals surface area contributed by atoms with Gasteiger partial charge in [-0.2, -0.15) is 0 Å². The highest BCUT2D eigenvalue weighted by Gasteiger charge is 2.46. The summed E-state index contributed by atoms with van der Waals surface area (Å²) in [6, 6.07) is 107. The normalized spacial score (nSPS) is 13.9. The van der Waals surface area contributed by atoms with Crippen molar-refractivity contribution in [2.24, 2.45) is 0 Å². The topological polar surface area (TPSA) is 21.3 Å². The van der Waals surface area contributed by atoms with Crippen molar-refractivity contribution in [2.75, 3.05) is 9.80 Å². The third-order valence-corrected chi connectivity index (χ3v) is 24.8. The second kappa shape index (κ2) is 26.5. The van der Waals surface area contributed by atoms with Crippen LogP contribution < -0.4 is 26.2 Å². The van der Waals surface area contributed by atoms with Gasteiger partial charge < -0.3 is 23.5 Å². The highest BCUT2D eigenvalue weighted by molar-refractivity contribution is 7.00. The summed E-state index contributed by atoms with van der Waals surface area (Å²) in [5.74, 6) is 0. The van der Waals surface area contributed by atoms with E-state index in [1.807, 2.05) is 6.07 Å². The van der Waals surface area contributed by atoms with Crippen LogP contribution in [0.4, 0.5) is 34.1 Å². The van der Waals surface area contributed by atoms with Crippen LogP contribution in [-0.2, 0) is 27.1 Å². The SMILES string of the molecule is [2H]c1c([2H])c([2H])c(-c2ccc3c(c2)N(c2c(-c4ccccc4)cc(C(C)(C)C)cc2-c2ccccc2)c2cc(-n4c5ccc(C(C)(C)C)cc5c5cc(C(C)(C)C)ccc54)cc4c2B3c2ccc(-n3c5ccc(C(C)(C)C)cc5c5cc(C(C)(C)C)ccc53)cc2N4c2cc(-c3ccccc3)cc3c2c2ccccc2n3-c2ccccc2)c([2H])c1[2H]. The molecular formula is C110H98BN5. The minimum absolute atomic E-state index is 0.127. The maximum atomic E-state index is 9.85. The molecule has 5 heterocycles. The van der Waals surface area contributed by atoms with Crippen LogP contribution in [-0.4, -0.2) is 20.4 Å². The van der Waals surface area contributed by atoms with E-state index in [0.29, 0.717) is 5.56 Å². The molecule has 15 aromatic carbocycles. The van der Waals surface area contributed by atoms with Gasteiger partial charge in [0.1, 0.15) is 0 Å². The Balaban J connectivity index is 1.02. The van der Waals surface area contributed by atoms with Crippen molar-refractivity contribution in [1.29, 1.82) is 0 Å². The van der Waals surface area contributed by atoms with Crippen molar-refractivity contribution in [1.82, 2.24) is 13.7 Å². The second-order valence-corrected chi connectivity index (χ2v) is 37.5. The van der Waals surface area contributed by atoms with Gasteiger partial charge in [-0.25, -0.2) is 0 Å². The molecule has 0 amide bonds. The van der Waals surface area contributed by atoms with Crippen LogP contribution in [0.2, 0.25) is 0 Å². The van der Waals surface area contributed by atoms with E-state index in [1.165, 1.54) is 33.0 Å². The largest absolute Gasteiger partial charge is 0.311 e. The summed E-state index contributed by atoms with van der Waals surface area (Å²) in [5.41, 5.74) is 30.2. The highest BCUT2D eigenvalue weighted by atomic mass is 15.2. The number of para-hydroxylation sites is 2. The number of hydrogen-bond donors (Lipinski definition) is 0. The van der Waals surface area contributed by atoms with Gasteiger partial charge >= 0.3 is 0 Å². The average molecular weight is 1510 g/mol. The number of aromatic nitrogens is 3. The lowest BCUT2D eigenvalue weighted by Gasteiger charge is -2.46. The summed E-state index contributed by atoms with van der Waals surface area (Å²) in [6.07, 6.45) is 0. The zero-order valence-corrected chi connectivity index (χ0v) is 69.0. The summed E-state index contributed by atoms with van der Waals surface area (Å²) in [4.78, 5) is 5.18. The molecule has 0 N–H and O–H groups in total. The van der Waals surface area contributed by atoms with Crippen molar-refractivity contribution in [3.8, 4) is 61.6 Å². The lowest BCUT2D eigenvalue weighted by atomic mass is 9.33. The minimum atomic E-state index is -0.504. The molecule has 0 spiro atoms. The summed E-state index contributed by atoms with van der Waals surface area (Å²) >= 11 is 0. The first-order chi connectivity index (χ1) is 57.8. The summed E-state index contributed by atoms with van der Waals surface area (Å²) in [5, 5.41) is 6.90. The van der Waals surface area contributed by atoms with Gasteiger partial charge in [0.15, 0.2) is 0 Å². The summed E-state index contributed by atoms with van der Waals surface area (Å²) in [7, 11) is 0. The number of fused-ring (bicyclic) bond motifs is 13. The van der Waals surface area contributed by atoms with Crippen LogP contribution in [0, 0.1) is 0 Å². The number of hydrogen-bond acceptors (Lipinski definition) is 2. The molecule has 3 aromatic heterocycles. The standard InChI is InChI=1S/C110H98BN5/c1-106(2,3)75-46-53-93-86(60-75)87-61-76(107(4,5)6)47-54-94(87)113(93)81-50-52-91-98(66-81)115(100-59-74(70-35-23-17-24-36-70)58-99-103(100)83-43-31-32-44-92(83)112(99)80-41-29-20-30-42-80)101-67-82(114-95-55-48-77(108(7,8)9)62-88(95)89-63-78(109(10,11)12)49-56-96(89)114)68-102-104(101)111(91)90-51-45-73(69-33-21-16-22-34-69)57-97(90)116(102)105-84(71-37-25-18-26-38-71)64-79(110(13,14)15)65-85(105)72-39-27-19-28-40-72/h16-68H,1-15H3/i16D,21D,22D,33D,34D. The lowest BCUT2D eigenvalue weighted by molar-refractivity contribution is 0.590. The van der Waals surface area contributed by atoms with Crippen molar-refractivity contribution >= 4 is 123 Å². The molecule has 0 saturated carbocycles. The average Bonchev–Trinajstić information content (AvgIpc) is 1.66. The van der Waals surface area contributed by atoms with Crippen LogP contribution in [0.25, 0.3) is 127 Å². The Morgan fingerprint density at radius 2 is 0.647 bits per heavy atom. The van der Waals surface area contributed by atoms with Crippen LogP contribution in [0.3, 0.4) is 0 Å². The molecule has 6 heteroatoms. The van der Waals surface area contributed by atoms with Gasteiger partial charge in [0.2, 0.25) is 0 Å². The molecule has 20 rings (SSSR count). The number of benzene rings is 15. The first kappa shape index (κ1) is 66.8. The lowest BCUT2D eigenvalue weighted by Crippen LogP contribution is -2.61. The fourth-order valence-corrected chi connectivity index (χ4v) is 18.6. The molecule has 5 nitrogen and oxygen atoms in total. The highest BCUT2D eigenvalue weighted by Crippen LogP contribution is 2.56. The molecule has 0 atom stereocenters. The fraction of sp³-hybridized carbons (Fsp3) is 0.182. The van der Waals surface area contributed by atoms with Crippen molar-refractivity contribution in [3.63, 3.8) is 0 Å². The van der Waals surface area contributed by atoms with E-state index in [1.54, 1.807) is 0 Å². The minimum Gasteiger partial charge on any atom is -0.311 e. The molecule has 116 heavy (non-hydrogen) atoms. The van der Waals surface area contributed by atoms with E-state index in [9.17, 15) is 5.48 Å². The molecule has 0 bridgehead atoms. The molecule has 2 aliphatic heterocycles. The number of rotatable bonds is 9. The van der Waals surface area contributed by atoms with Gasteiger partial charge in [-0.05, 0) is 226 Å². The fourth-order valence-electron chi connectivity index (χ4n) is 18.6. The van der Waals surface area contributed by atoms with Gasteiger partial charge in [0, 0.05) is 77.6 Å². The third-order valence-electron chi connectivity index (χ3n) is 24.8. The maximum absolute atomic E-state index is 9.85. The quantitative estimate of drug-likeness (QED) is 0.134. The van der Waals surface area contributed by atoms with Crippen LogP contribution in [0.15, 0.2) is 321 Å². The van der Waals surface area contributed by atoms with Crippen LogP contribution >= 0.6 is 0 Å². The number of anilines is 6. The van der Waals surface area contributed by atoms with E-state index in [2.05, 4.69) is 412 Å². The zero-order valence-electron chi connectivity index (χ0n) is 74.0. The summed E-state index contributed by atoms with van der Waals surface area (Å²) in [6.45, 7) is 34.1. The van der Waals surface area contributed by atoms with E-state index in [4.69, 9.17) is 1.37 Å².